The highest BCUT2D eigenvalue weighted by Gasteiger charge is 2.06. The van der Waals surface area contributed by atoms with Crippen LogP contribution in [0.1, 0.15) is 5.56 Å². The van der Waals surface area contributed by atoms with Crippen molar-refractivity contribution >= 4 is 17.5 Å². The first-order valence-corrected chi connectivity index (χ1v) is 6.36. The van der Waals surface area contributed by atoms with E-state index in [1.807, 2.05) is 6.07 Å². The standard InChI is InChI=1S/C13H19ClN2O3/c1-15-13(17)9-19-12-4-3-11(14)7-10(12)8-16-5-6-18-2/h3-4,7,16H,5-6,8-9H2,1-2H3,(H,15,17). The molecule has 1 amide bonds. The topological polar surface area (TPSA) is 59.6 Å². The molecule has 106 valence electrons. The molecule has 0 aliphatic carbocycles. The van der Waals surface area contributed by atoms with Crippen molar-refractivity contribution in [1.82, 2.24) is 10.6 Å². The Morgan fingerprint density at radius 2 is 2.21 bits per heavy atom. The van der Waals surface area contributed by atoms with Gasteiger partial charge in [-0.25, -0.2) is 0 Å². The van der Waals surface area contributed by atoms with Crippen LogP contribution in [-0.2, 0) is 16.1 Å². The normalized spacial score (nSPS) is 10.3. The summed E-state index contributed by atoms with van der Waals surface area (Å²) in [6.07, 6.45) is 0. The summed E-state index contributed by atoms with van der Waals surface area (Å²) >= 11 is 5.96. The zero-order valence-corrected chi connectivity index (χ0v) is 11.9. The molecular weight excluding hydrogens is 268 g/mol. The van der Waals surface area contributed by atoms with E-state index in [4.69, 9.17) is 21.1 Å². The lowest BCUT2D eigenvalue weighted by atomic mass is 10.2. The zero-order valence-electron chi connectivity index (χ0n) is 11.2. The number of rotatable bonds is 8. The van der Waals surface area contributed by atoms with E-state index in [2.05, 4.69) is 10.6 Å². The molecule has 19 heavy (non-hydrogen) atoms. The van der Waals surface area contributed by atoms with Gasteiger partial charge in [-0.1, -0.05) is 11.6 Å². The lowest BCUT2D eigenvalue weighted by molar-refractivity contribution is -0.122. The van der Waals surface area contributed by atoms with Crippen LogP contribution < -0.4 is 15.4 Å². The zero-order chi connectivity index (χ0) is 14.1. The number of nitrogens with one attached hydrogen (secondary N) is 2. The lowest BCUT2D eigenvalue weighted by Gasteiger charge is -2.12. The number of hydrogen-bond acceptors (Lipinski definition) is 4. The summed E-state index contributed by atoms with van der Waals surface area (Å²) in [6, 6.07) is 5.32. The van der Waals surface area contributed by atoms with E-state index in [-0.39, 0.29) is 12.5 Å². The number of carbonyl (C=O) groups excluding carboxylic acids is 1. The number of carbonyl (C=O) groups is 1. The van der Waals surface area contributed by atoms with E-state index in [0.29, 0.717) is 23.9 Å². The molecule has 0 spiro atoms. The Kier molecular flexibility index (Phi) is 7.25. The SMILES string of the molecule is CNC(=O)COc1ccc(Cl)cc1CNCCOC. The Morgan fingerprint density at radius 1 is 1.42 bits per heavy atom. The van der Waals surface area contributed by atoms with Crippen molar-refractivity contribution in [2.24, 2.45) is 0 Å². The molecule has 0 saturated carbocycles. The average molecular weight is 287 g/mol. The fourth-order valence-corrected chi connectivity index (χ4v) is 1.63. The van der Waals surface area contributed by atoms with E-state index in [1.165, 1.54) is 0 Å². The van der Waals surface area contributed by atoms with Gasteiger partial charge in [-0.3, -0.25) is 4.79 Å². The Bertz CT molecular complexity index is 413. The van der Waals surface area contributed by atoms with Gasteiger partial charge in [-0.05, 0) is 18.2 Å². The van der Waals surface area contributed by atoms with Crippen LogP contribution in [0, 0.1) is 0 Å². The van der Waals surface area contributed by atoms with E-state index in [9.17, 15) is 4.79 Å². The van der Waals surface area contributed by atoms with E-state index in [0.717, 1.165) is 12.1 Å². The fraction of sp³-hybridized carbons (Fsp3) is 0.462. The van der Waals surface area contributed by atoms with Crippen LogP contribution >= 0.6 is 11.6 Å². The molecule has 0 unspecified atom stereocenters. The average Bonchev–Trinajstić information content (AvgIpc) is 2.42. The van der Waals surface area contributed by atoms with Crippen LogP contribution in [0.25, 0.3) is 0 Å². The molecule has 1 rings (SSSR count). The maximum Gasteiger partial charge on any atom is 0.257 e. The minimum atomic E-state index is -0.173. The fourth-order valence-electron chi connectivity index (χ4n) is 1.44. The second kappa shape index (κ2) is 8.74. The van der Waals surface area contributed by atoms with Gasteiger partial charge in [0.15, 0.2) is 6.61 Å². The number of likely N-dealkylation sites (N-methyl/N-ethyl adjacent to an activating group) is 1. The second-order valence-electron chi connectivity index (χ2n) is 3.88. The first-order valence-electron chi connectivity index (χ1n) is 5.99. The van der Waals surface area contributed by atoms with Crippen LogP contribution in [0.4, 0.5) is 0 Å². The number of hydrogen-bond donors (Lipinski definition) is 2. The summed E-state index contributed by atoms with van der Waals surface area (Å²) in [4.78, 5) is 11.2. The minimum Gasteiger partial charge on any atom is -0.483 e. The summed E-state index contributed by atoms with van der Waals surface area (Å²) in [6.45, 7) is 1.96. The molecule has 0 aliphatic rings. The van der Waals surface area contributed by atoms with Gasteiger partial charge in [0.25, 0.3) is 5.91 Å². The maximum atomic E-state index is 11.2. The largest absolute Gasteiger partial charge is 0.483 e. The Hall–Kier alpha value is -1.30. The van der Waals surface area contributed by atoms with Crippen molar-refractivity contribution in [2.75, 3.05) is 33.9 Å². The Balaban J connectivity index is 2.60. The molecule has 0 saturated heterocycles. The summed E-state index contributed by atoms with van der Waals surface area (Å²) in [5, 5.41) is 6.35. The van der Waals surface area contributed by atoms with Gasteiger partial charge in [-0.2, -0.15) is 0 Å². The van der Waals surface area contributed by atoms with E-state index < -0.39 is 0 Å². The third-order valence-electron chi connectivity index (χ3n) is 2.46. The molecule has 0 aromatic heterocycles. The molecule has 6 heteroatoms. The van der Waals surface area contributed by atoms with Crippen molar-refractivity contribution in [3.05, 3.63) is 28.8 Å². The summed E-state index contributed by atoms with van der Waals surface area (Å²) < 4.78 is 10.4. The van der Waals surface area contributed by atoms with Gasteiger partial charge in [-0.15, -0.1) is 0 Å². The van der Waals surface area contributed by atoms with Gasteiger partial charge in [0.1, 0.15) is 5.75 Å². The van der Waals surface area contributed by atoms with Gasteiger partial charge < -0.3 is 20.1 Å². The van der Waals surface area contributed by atoms with Crippen LogP contribution in [0.5, 0.6) is 5.75 Å². The van der Waals surface area contributed by atoms with Crippen molar-refractivity contribution in [2.45, 2.75) is 6.54 Å². The van der Waals surface area contributed by atoms with Crippen molar-refractivity contribution in [3.63, 3.8) is 0 Å². The summed E-state index contributed by atoms with van der Waals surface area (Å²) in [5.41, 5.74) is 0.910. The van der Waals surface area contributed by atoms with Crippen LogP contribution in [0.3, 0.4) is 0 Å². The minimum absolute atomic E-state index is 0.0107. The number of ether oxygens (including phenoxy) is 2. The number of halogens is 1. The van der Waals surface area contributed by atoms with Gasteiger partial charge >= 0.3 is 0 Å². The van der Waals surface area contributed by atoms with Crippen LogP contribution in [-0.4, -0.2) is 39.8 Å². The highest BCUT2D eigenvalue weighted by Crippen LogP contribution is 2.22. The molecule has 0 fully saturated rings. The third-order valence-corrected chi connectivity index (χ3v) is 2.69. The highest BCUT2D eigenvalue weighted by molar-refractivity contribution is 6.30. The van der Waals surface area contributed by atoms with E-state index in [1.54, 1.807) is 26.3 Å². The predicted octanol–water partition coefficient (Wildman–Crippen LogP) is 1.20. The Labute approximate surface area is 118 Å². The molecule has 1 aromatic carbocycles. The monoisotopic (exact) mass is 286 g/mol. The second-order valence-corrected chi connectivity index (χ2v) is 4.32. The van der Waals surface area contributed by atoms with Gasteiger partial charge in [0.2, 0.25) is 0 Å². The molecule has 0 radical (unpaired) electrons. The summed E-state index contributed by atoms with van der Waals surface area (Å²) in [7, 11) is 3.22. The Morgan fingerprint density at radius 3 is 2.89 bits per heavy atom. The van der Waals surface area contributed by atoms with Crippen molar-refractivity contribution < 1.29 is 14.3 Å². The molecule has 0 heterocycles. The first kappa shape index (κ1) is 15.8. The molecule has 0 atom stereocenters. The van der Waals surface area contributed by atoms with Gasteiger partial charge in [0.05, 0.1) is 6.61 Å². The first-order chi connectivity index (χ1) is 9.17. The molecule has 2 N–H and O–H groups in total. The number of amides is 1. The predicted molar refractivity (Wildman–Crippen MR) is 74.6 cm³/mol. The third kappa shape index (κ3) is 5.92. The molecular formula is C13H19ClN2O3. The van der Waals surface area contributed by atoms with Crippen molar-refractivity contribution in [1.29, 1.82) is 0 Å². The smallest absolute Gasteiger partial charge is 0.257 e. The maximum absolute atomic E-state index is 11.2. The van der Waals surface area contributed by atoms with Crippen LogP contribution in [0.15, 0.2) is 18.2 Å². The molecule has 0 aliphatic heterocycles. The molecule has 5 nitrogen and oxygen atoms in total. The summed E-state index contributed by atoms with van der Waals surface area (Å²) in [5.74, 6) is 0.478. The van der Waals surface area contributed by atoms with Gasteiger partial charge in [0, 0.05) is 37.8 Å². The van der Waals surface area contributed by atoms with Crippen LogP contribution in [0.2, 0.25) is 5.02 Å². The highest BCUT2D eigenvalue weighted by atomic mass is 35.5. The lowest BCUT2D eigenvalue weighted by Crippen LogP contribution is -2.25. The molecule has 1 aromatic rings. The quantitative estimate of drug-likeness (QED) is 0.705. The number of benzene rings is 1. The molecule has 0 bridgehead atoms. The van der Waals surface area contributed by atoms with E-state index >= 15 is 0 Å². The van der Waals surface area contributed by atoms with Crippen molar-refractivity contribution in [3.8, 4) is 5.75 Å². The number of methoxy groups -OCH3 is 1.